The first-order chi connectivity index (χ1) is 8.89. The van der Waals surface area contributed by atoms with Crippen molar-refractivity contribution in [3.8, 4) is 0 Å². The lowest BCUT2D eigenvalue weighted by atomic mass is 9.92. The number of halogens is 2. The van der Waals surface area contributed by atoms with Gasteiger partial charge >= 0.3 is 0 Å². The van der Waals surface area contributed by atoms with Crippen LogP contribution in [0.4, 0.5) is 8.78 Å². The van der Waals surface area contributed by atoms with Crippen molar-refractivity contribution in [2.45, 2.75) is 24.2 Å². The van der Waals surface area contributed by atoms with Gasteiger partial charge in [0.05, 0.1) is 0 Å². The van der Waals surface area contributed by atoms with E-state index in [0.717, 1.165) is 37.8 Å². The third kappa shape index (κ3) is 3.30. The predicted molar refractivity (Wildman–Crippen MR) is 68.8 cm³/mol. The summed E-state index contributed by atoms with van der Waals surface area (Å²) in [7, 11) is -3.67. The maximum absolute atomic E-state index is 14.1. The molecule has 1 unspecified atom stereocenters. The average Bonchev–Trinajstić information content (AvgIpc) is 2.34. The number of hydrogen-bond acceptors (Lipinski definition) is 3. The summed E-state index contributed by atoms with van der Waals surface area (Å²) in [6.07, 6.45) is 3.03. The van der Waals surface area contributed by atoms with Crippen LogP contribution in [0.2, 0.25) is 0 Å². The molecule has 1 aromatic rings. The highest BCUT2D eigenvalue weighted by molar-refractivity contribution is 7.90. The Balaban J connectivity index is 2.33. The predicted octanol–water partition coefficient (Wildman–Crippen LogP) is 1.91. The average molecular weight is 289 g/mol. The summed E-state index contributed by atoms with van der Waals surface area (Å²) in [4.78, 5) is -0.423. The molecule has 0 spiro atoms. The highest BCUT2D eigenvalue weighted by Gasteiger charge is 2.23. The second-order valence-electron chi connectivity index (χ2n) is 5.03. The van der Waals surface area contributed by atoms with Crippen molar-refractivity contribution in [2.24, 2.45) is 5.92 Å². The zero-order valence-corrected chi connectivity index (χ0v) is 11.6. The van der Waals surface area contributed by atoms with E-state index in [1.54, 1.807) is 0 Å². The van der Waals surface area contributed by atoms with Crippen molar-refractivity contribution in [1.82, 2.24) is 5.32 Å². The smallest absolute Gasteiger partial charge is 0.178 e. The Kier molecular flexibility index (Phi) is 4.20. The zero-order valence-electron chi connectivity index (χ0n) is 10.7. The topological polar surface area (TPSA) is 46.2 Å². The Morgan fingerprint density at radius 3 is 2.68 bits per heavy atom. The summed E-state index contributed by atoms with van der Waals surface area (Å²) in [5.41, 5.74) is -0.114. The highest BCUT2D eigenvalue weighted by atomic mass is 32.2. The molecule has 0 saturated carbocycles. The fourth-order valence-electron chi connectivity index (χ4n) is 2.44. The SMILES string of the molecule is CS(=O)(=O)c1ccc(F)c(CC2CCCNC2)c1F. The summed E-state index contributed by atoms with van der Waals surface area (Å²) in [6.45, 7) is 1.63. The van der Waals surface area contributed by atoms with Crippen LogP contribution in [0.15, 0.2) is 17.0 Å². The van der Waals surface area contributed by atoms with E-state index in [-0.39, 0.29) is 17.9 Å². The molecule has 1 saturated heterocycles. The molecule has 2 rings (SSSR count). The van der Waals surface area contributed by atoms with Crippen LogP contribution < -0.4 is 5.32 Å². The van der Waals surface area contributed by atoms with E-state index in [2.05, 4.69) is 5.32 Å². The summed E-state index contributed by atoms with van der Waals surface area (Å²) >= 11 is 0. The van der Waals surface area contributed by atoms with Crippen LogP contribution in [0.25, 0.3) is 0 Å². The lowest BCUT2D eigenvalue weighted by Gasteiger charge is -2.23. The van der Waals surface area contributed by atoms with E-state index in [1.165, 1.54) is 0 Å². The lowest BCUT2D eigenvalue weighted by molar-refractivity contribution is 0.365. The van der Waals surface area contributed by atoms with Gasteiger partial charge in [0.25, 0.3) is 0 Å². The molecule has 1 atom stereocenters. The molecule has 6 heteroatoms. The van der Waals surface area contributed by atoms with E-state index in [0.29, 0.717) is 6.54 Å². The third-order valence-electron chi connectivity index (χ3n) is 3.44. The molecular formula is C13H17F2NO2S. The van der Waals surface area contributed by atoms with Gasteiger partial charge in [0.1, 0.15) is 16.5 Å². The number of nitrogens with one attached hydrogen (secondary N) is 1. The van der Waals surface area contributed by atoms with Crippen LogP contribution in [0.3, 0.4) is 0 Å². The van der Waals surface area contributed by atoms with E-state index in [1.807, 2.05) is 0 Å². The molecule has 1 heterocycles. The van der Waals surface area contributed by atoms with Crippen LogP contribution in [0, 0.1) is 17.6 Å². The first-order valence-electron chi connectivity index (χ1n) is 6.27. The van der Waals surface area contributed by atoms with Gasteiger partial charge in [-0.3, -0.25) is 0 Å². The van der Waals surface area contributed by atoms with Crippen molar-refractivity contribution in [3.63, 3.8) is 0 Å². The normalized spacial score (nSPS) is 20.5. The van der Waals surface area contributed by atoms with Crippen LogP contribution in [-0.4, -0.2) is 27.8 Å². The number of benzene rings is 1. The number of hydrogen-bond donors (Lipinski definition) is 1. The summed E-state index contributed by atoms with van der Waals surface area (Å²) in [5.74, 6) is -1.46. The Morgan fingerprint density at radius 2 is 2.11 bits per heavy atom. The van der Waals surface area contributed by atoms with Crippen molar-refractivity contribution in [2.75, 3.05) is 19.3 Å². The molecule has 1 N–H and O–H groups in total. The van der Waals surface area contributed by atoms with Gasteiger partial charge in [-0.15, -0.1) is 0 Å². The minimum absolute atomic E-state index is 0.114. The number of sulfone groups is 1. The van der Waals surface area contributed by atoms with Gasteiger partial charge in [0.15, 0.2) is 9.84 Å². The van der Waals surface area contributed by atoms with E-state index < -0.39 is 26.4 Å². The molecule has 0 aliphatic carbocycles. The van der Waals surface area contributed by atoms with Crippen molar-refractivity contribution < 1.29 is 17.2 Å². The van der Waals surface area contributed by atoms with Crippen LogP contribution in [0.5, 0.6) is 0 Å². The van der Waals surface area contributed by atoms with E-state index >= 15 is 0 Å². The molecule has 1 aromatic carbocycles. The van der Waals surface area contributed by atoms with Gasteiger partial charge in [-0.2, -0.15) is 0 Å². The molecule has 3 nitrogen and oxygen atoms in total. The summed E-state index contributed by atoms with van der Waals surface area (Å²) < 4.78 is 50.7. The first kappa shape index (κ1) is 14.4. The Morgan fingerprint density at radius 1 is 1.37 bits per heavy atom. The fourth-order valence-corrected chi connectivity index (χ4v) is 3.20. The van der Waals surface area contributed by atoms with Crippen LogP contribution in [0.1, 0.15) is 18.4 Å². The van der Waals surface area contributed by atoms with Gasteiger partial charge in [0.2, 0.25) is 0 Å². The second-order valence-corrected chi connectivity index (χ2v) is 7.01. The van der Waals surface area contributed by atoms with Crippen molar-refractivity contribution in [3.05, 3.63) is 29.3 Å². The van der Waals surface area contributed by atoms with E-state index in [9.17, 15) is 17.2 Å². The fraction of sp³-hybridized carbons (Fsp3) is 0.538. The monoisotopic (exact) mass is 289 g/mol. The second kappa shape index (κ2) is 5.54. The quantitative estimate of drug-likeness (QED) is 0.865. The first-order valence-corrected chi connectivity index (χ1v) is 8.16. The molecule has 0 bridgehead atoms. The van der Waals surface area contributed by atoms with Gasteiger partial charge < -0.3 is 5.32 Å². The third-order valence-corrected chi connectivity index (χ3v) is 4.56. The molecule has 106 valence electrons. The minimum atomic E-state index is -3.67. The van der Waals surface area contributed by atoms with Gasteiger partial charge in [-0.25, -0.2) is 17.2 Å². The standard InChI is InChI=1S/C13H17F2NO2S/c1-19(17,18)12-5-4-11(14)10(13(12)15)7-9-3-2-6-16-8-9/h4-5,9,16H,2-3,6-8H2,1H3. The molecule has 1 aliphatic rings. The molecule has 0 radical (unpaired) electrons. The lowest BCUT2D eigenvalue weighted by Crippen LogP contribution is -2.31. The molecule has 1 aliphatic heterocycles. The van der Waals surface area contributed by atoms with Gasteiger partial charge in [-0.05, 0) is 50.4 Å². The number of rotatable bonds is 3. The minimum Gasteiger partial charge on any atom is -0.316 e. The van der Waals surface area contributed by atoms with E-state index in [4.69, 9.17) is 0 Å². The van der Waals surface area contributed by atoms with Gasteiger partial charge in [-0.1, -0.05) is 0 Å². The van der Waals surface area contributed by atoms with Crippen molar-refractivity contribution in [1.29, 1.82) is 0 Å². The molecule has 0 amide bonds. The molecule has 0 aromatic heterocycles. The van der Waals surface area contributed by atoms with Crippen LogP contribution in [-0.2, 0) is 16.3 Å². The Hall–Kier alpha value is -1.01. The molecular weight excluding hydrogens is 272 g/mol. The van der Waals surface area contributed by atoms with Crippen LogP contribution >= 0.6 is 0 Å². The Labute approximate surface area is 111 Å². The molecule has 19 heavy (non-hydrogen) atoms. The summed E-state index contributed by atoms with van der Waals surface area (Å²) in [5, 5.41) is 3.18. The molecule has 1 fully saturated rings. The maximum Gasteiger partial charge on any atom is 0.178 e. The zero-order chi connectivity index (χ0) is 14.0. The Bertz CT molecular complexity index is 566. The highest BCUT2D eigenvalue weighted by Crippen LogP contribution is 2.25. The van der Waals surface area contributed by atoms with Crippen molar-refractivity contribution >= 4 is 9.84 Å². The largest absolute Gasteiger partial charge is 0.316 e. The van der Waals surface area contributed by atoms with Gasteiger partial charge in [0, 0.05) is 11.8 Å². The number of piperidine rings is 1. The maximum atomic E-state index is 14.1. The summed E-state index contributed by atoms with van der Waals surface area (Å²) in [6, 6.07) is 2.02.